The van der Waals surface area contributed by atoms with Crippen LogP contribution < -0.4 is 5.32 Å². The third kappa shape index (κ3) is 1.01. The first-order valence-corrected chi connectivity index (χ1v) is 3.49. The van der Waals surface area contributed by atoms with Gasteiger partial charge in [-0.05, 0) is 26.8 Å². The number of hydrogen-bond donors (Lipinski definition) is 2. The van der Waals surface area contributed by atoms with E-state index >= 15 is 0 Å². The number of nitrogens with one attached hydrogen (secondary N) is 1. The fourth-order valence-electron chi connectivity index (χ4n) is 1.41. The summed E-state index contributed by atoms with van der Waals surface area (Å²) in [4.78, 5) is 10.5. The Hall–Kier alpha value is -0.570. The van der Waals surface area contributed by atoms with Gasteiger partial charge in [0.05, 0.1) is 5.41 Å². The Kier molecular flexibility index (Phi) is 1.68. The van der Waals surface area contributed by atoms with E-state index in [1.165, 1.54) is 0 Å². The van der Waals surface area contributed by atoms with Crippen molar-refractivity contribution in [1.29, 1.82) is 0 Å². The van der Waals surface area contributed by atoms with E-state index in [0.717, 1.165) is 12.8 Å². The van der Waals surface area contributed by atoms with E-state index in [-0.39, 0.29) is 0 Å². The van der Waals surface area contributed by atoms with Gasteiger partial charge in [0.25, 0.3) is 0 Å². The molecular formula is C7H13NO2. The molecule has 10 heavy (non-hydrogen) atoms. The van der Waals surface area contributed by atoms with E-state index < -0.39 is 11.4 Å². The van der Waals surface area contributed by atoms with Crippen molar-refractivity contribution in [2.75, 3.05) is 7.05 Å². The Morgan fingerprint density at radius 2 is 2.20 bits per heavy atom. The Morgan fingerprint density at radius 1 is 1.70 bits per heavy atom. The van der Waals surface area contributed by atoms with E-state index in [1.807, 2.05) is 7.05 Å². The topological polar surface area (TPSA) is 49.3 Å². The van der Waals surface area contributed by atoms with Crippen LogP contribution in [-0.4, -0.2) is 24.2 Å². The van der Waals surface area contributed by atoms with Gasteiger partial charge in [-0.1, -0.05) is 0 Å². The molecule has 1 aliphatic rings. The molecule has 1 saturated carbocycles. The largest absolute Gasteiger partial charge is 0.481 e. The zero-order chi connectivity index (χ0) is 7.78. The fraction of sp³-hybridized carbons (Fsp3) is 0.857. The third-order valence-corrected chi connectivity index (χ3v) is 2.32. The summed E-state index contributed by atoms with van der Waals surface area (Å²) in [6, 6.07) is 0.418. The lowest BCUT2D eigenvalue weighted by molar-refractivity contribution is -0.154. The standard InChI is InChI=1S/C7H13NO2/c1-7(6(9)10)3-5(4-7)8-2/h5,8H,3-4H2,1-2H3,(H,9,10). The second kappa shape index (κ2) is 2.23. The van der Waals surface area contributed by atoms with E-state index in [2.05, 4.69) is 5.32 Å². The molecular weight excluding hydrogens is 130 g/mol. The molecule has 0 bridgehead atoms. The first-order valence-electron chi connectivity index (χ1n) is 3.49. The van der Waals surface area contributed by atoms with E-state index in [4.69, 9.17) is 5.11 Å². The van der Waals surface area contributed by atoms with Gasteiger partial charge in [-0.3, -0.25) is 4.79 Å². The monoisotopic (exact) mass is 143 g/mol. The Labute approximate surface area is 60.4 Å². The lowest BCUT2D eigenvalue weighted by Crippen LogP contribution is -2.50. The van der Waals surface area contributed by atoms with Crippen LogP contribution in [0.3, 0.4) is 0 Å². The van der Waals surface area contributed by atoms with Gasteiger partial charge < -0.3 is 10.4 Å². The fourth-order valence-corrected chi connectivity index (χ4v) is 1.41. The van der Waals surface area contributed by atoms with Gasteiger partial charge >= 0.3 is 5.97 Å². The molecule has 2 N–H and O–H groups in total. The molecule has 0 spiro atoms. The first kappa shape index (κ1) is 7.54. The van der Waals surface area contributed by atoms with Crippen LogP contribution in [0.15, 0.2) is 0 Å². The molecule has 0 unspecified atom stereocenters. The second-order valence-corrected chi connectivity index (χ2v) is 3.26. The molecule has 0 atom stereocenters. The second-order valence-electron chi connectivity index (χ2n) is 3.26. The van der Waals surface area contributed by atoms with Gasteiger partial charge in [-0.2, -0.15) is 0 Å². The van der Waals surface area contributed by atoms with Crippen molar-refractivity contribution in [3.63, 3.8) is 0 Å². The van der Waals surface area contributed by atoms with Crippen molar-refractivity contribution in [2.24, 2.45) is 5.41 Å². The molecule has 1 aliphatic carbocycles. The van der Waals surface area contributed by atoms with Crippen LogP contribution in [0.25, 0.3) is 0 Å². The number of aliphatic carboxylic acids is 1. The van der Waals surface area contributed by atoms with Gasteiger partial charge in [-0.15, -0.1) is 0 Å². The molecule has 3 heteroatoms. The van der Waals surface area contributed by atoms with Crippen LogP contribution in [-0.2, 0) is 4.79 Å². The van der Waals surface area contributed by atoms with Crippen LogP contribution in [0.1, 0.15) is 19.8 Å². The Balaban J connectivity index is 2.42. The van der Waals surface area contributed by atoms with Crippen molar-refractivity contribution in [1.82, 2.24) is 5.32 Å². The first-order chi connectivity index (χ1) is 4.58. The molecule has 58 valence electrons. The lowest BCUT2D eigenvalue weighted by atomic mass is 9.67. The highest BCUT2D eigenvalue weighted by molar-refractivity contribution is 5.75. The summed E-state index contributed by atoms with van der Waals surface area (Å²) in [5.41, 5.74) is -0.451. The maximum atomic E-state index is 10.5. The average molecular weight is 143 g/mol. The number of hydrogen-bond acceptors (Lipinski definition) is 2. The van der Waals surface area contributed by atoms with Gasteiger partial charge in [0.2, 0.25) is 0 Å². The Bertz CT molecular complexity index is 150. The quantitative estimate of drug-likeness (QED) is 0.590. The number of carbonyl (C=O) groups is 1. The number of rotatable bonds is 2. The zero-order valence-corrected chi connectivity index (χ0v) is 6.35. The summed E-state index contributed by atoms with van der Waals surface area (Å²) in [5, 5.41) is 11.7. The summed E-state index contributed by atoms with van der Waals surface area (Å²) in [7, 11) is 1.87. The maximum absolute atomic E-state index is 10.5. The minimum atomic E-state index is -0.668. The molecule has 0 amide bonds. The van der Waals surface area contributed by atoms with Crippen LogP contribution in [0, 0.1) is 5.41 Å². The van der Waals surface area contributed by atoms with Crippen molar-refractivity contribution in [3.05, 3.63) is 0 Å². The highest BCUT2D eigenvalue weighted by Crippen LogP contribution is 2.40. The number of carboxylic acids is 1. The predicted octanol–water partition coefficient (Wildman–Crippen LogP) is 0.459. The molecule has 0 heterocycles. The zero-order valence-electron chi connectivity index (χ0n) is 6.35. The summed E-state index contributed by atoms with van der Waals surface area (Å²) in [6.45, 7) is 1.79. The molecule has 0 aromatic carbocycles. The van der Waals surface area contributed by atoms with Crippen LogP contribution in [0.4, 0.5) is 0 Å². The third-order valence-electron chi connectivity index (χ3n) is 2.32. The molecule has 1 fully saturated rings. The van der Waals surface area contributed by atoms with Crippen LogP contribution >= 0.6 is 0 Å². The van der Waals surface area contributed by atoms with E-state index in [9.17, 15) is 4.79 Å². The van der Waals surface area contributed by atoms with Crippen molar-refractivity contribution >= 4 is 5.97 Å². The average Bonchev–Trinajstić information content (AvgIpc) is 1.80. The molecule has 3 nitrogen and oxygen atoms in total. The molecule has 0 aliphatic heterocycles. The smallest absolute Gasteiger partial charge is 0.309 e. The molecule has 0 saturated heterocycles. The Morgan fingerprint density at radius 3 is 2.50 bits per heavy atom. The molecule has 0 aromatic heterocycles. The van der Waals surface area contributed by atoms with Crippen LogP contribution in [0.2, 0.25) is 0 Å². The summed E-state index contributed by atoms with van der Waals surface area (Å²) < 4.78 is 0. The SMILES string of the molecule is CNC1CC(C)(C(=O)O)C1. The highest BCUT2D eigenvalue weighted by Gasteiger charge is 2.45. The summed E-state index contributed by atoms with van der Waals surface area (Å²) >= 11 is 0. The van der Waals surface area contributed by atoms with Gasteiger partial charge in [0.15, 0.2) is 0 Å². The minimum absolute atomic E-state index is 0.418. The van der Waals surface area contributed by atoms with Crippen LogP contribution in [0.5, 0.6) is 0 Å². The molecule has 0 aromatic rings. The normalized spacial score (nSPS) is 38.8. The minimum Gasteiger partial charge on any atom is -0.481 e. The predicted molar refractivity (Wildman–Crippen MR) is 37.8 cm³/mol. The van der Waals surface area contributed by atoms with E-state index in [0.29, 0.717) is 6.04 Å². The lowest BCUT2D eigenvalue weighted by Gasteiger charge is -2.41. The highest BCUT2D eigenvalue weighted by atomic mass is 16.4. The van der Waals surface area contributed by atoms with Gasteiger partial charge in [-0.25, -0.2) is 0 Å². The van der Waals surface area contributed by atoms with Crippen molar-refractivity contribution in [3.8, 4) is 0 Å². The molecule has 0 radical (unpaired) electrons. The maximum Gasteiger partial charge on any atom is 0.309 e. The summed E-state index contributed by atoms with van der Waals surface area (Å²) in [6.07, 6.45) is 1.53. The van der Waals surface area contributed by atoms with Gasteiger partial charge in [0, 0.05) is 6.04 Å². The van der Waals surface area contributed by atoms with Crippen molar-refractivity contribution in [2.45, 2.75) is 25.8 Å². The number of carboxylic acid groups (broad SMARTS) is 1. The van der Waals surface area contributed by atoms with Crippen molar-refractivity contribution < 1.29 is 9.90 Å². The van der Waals surface area contributed by atoms with E-state index in [1.54, 1.807) is 6.92 Å². The molecule has 1 rings (SSSR count). The summed E-state index contributed by atoms with van der Waals surface area (Å²) in [5.74, 6) is -0.668. The van der Waals surface area contributed by atoms with Gasteiger partial charge in [0.1, 0.15) is 0 Å².